The van der Waals surface area contributed by atoms with Crippen LogP contribution in [0.4, 0.5) is 5.82 Å². The highest BCUT2D eigenvalue weighted by molar-refractivity contribution is 7.12. The molecule has 0 unspecified atom stereocenters. The van der Waals surface area contributed by atoms with E-state index in [1.807, 2.05) is 0 Å². The maximum absolute atomic E-state index is 11.9. The number of carboxylic acids is 1. The van der Waals surface area contributed by atoms with E-state index >= 15 is 0 Å². The van der Waals surface area contributed by atoms with E-state index in [1.54, 1.807) is 11.4 Å². The molecule has 0 aromatic carbocycles. The number of rotatable bonds is 4. The van der Waals surface area contributed by atoms with Crippen LogP contribution in [0, 0.1) is 0 Å². The van der Waals surface area contributed by atoms with Gasteiger partial charge in [0, 0.05) is 12.1 Å². The molecule has 92 valence electrons. The van der Waals surface area contributed by atoms with Crippen molar-refractivity contribution in [3.05, 3.63) is 40.3 Å². The lowest BCUT2D eigenvalue weighted by molar-refractivity contribution is -0.131. The average Bonchev–Trinajstić information content (AvgIpc) is 2.96. The molecule has 2 heterocycles. The topological polar surface area (TPSA) is 92.4 Å². The van der Waals surface area contributed by atoms with Gasteiger partial charge in [-0.1, -0.05) is 5.16 Å². The zero-order valence-corrected chi connectivity index (χ0v) is 9.81. The van der Waals surface area contributed by atoms with Gasteiger partial charge in [-0.05, 0) is 23.1 Å². The summed E-state index contributed by atoms with van der Waals surface area (Å²) in [7, 11) is 0. The molecule has 6 nitrogen and oxygen atoms in total. The number of hydrogen-bond acceptors (Lipinski definition) is 5. The number of aliphatic carboxylic acids is 1. The van der Waals surface area contributed by atoms with Crippen molar-refractivity contribution in [1.82, 2.24) is 5.16 Å². The van der Waals surface area contributed by atoms with Crippen molar-refractivity contribution in [2.24, 2.45) is 0 Å². The second-order valence-electron chi connectivity index (χ2n) is 3.22. The molecular weight excluding hydrogens is 256 g/mol. The minimum Gasteiger partial charge on any atom is -0.478 e. The molecule has 0 saturated heterocycles. The zero-order valence-electron chi connectivity index (χ0n) is 8.99. The minimum absolute atomic E-state index is 0.307. The molecule has 0 aliphatic rings. The Hall–Kier alpha value is -2.41. The van der Waals surface area contributed by atoms with Crippen LogP contribution in [0.5, 0.6) is 0 Å². The molecule has 0 aliphatic carbocycles. The largest absolute Gasteiger partial charge is 0.478 e. The lowest BCUT2D eigenvalue weighted by Crippen LogP contribution is -2.11. The number of carbonyl (C=O) groups is 2. The van der Waals surface area contributed by atoms with Gasteiger partial charge in [0.1, 0.15) is 6.26 Å². The summed E-state index contributed by atoms with van der Waals surface area (Å²) in [5.41, 5.74) is 0.545. The normalized spacial score (nSPS) is 10.7. The van der Waals surface area contributed by atoms with Gasteiger partial charge >= 0.3 is 5.97 Å². The van der Waals surface area contributed by atoms with Gasteiger partial charge in [0.05, 0.1) is 4.88 Å². The Morgan fingerprint density at radius 2 is 2.28 bits per heavy atom. The van der Waals surface area contributed by atoms with E-state index in [-0.39, 0.29) is 5.91 Å². The number of hydrogen-bond donors (Lipinski definition) is 2. The van der Waals surface area contributed by atoms with Gasteiger partial charge in [0.15, 0.2) is 5.82 Å². The average molecular weight is 264 g/mol. The van der Waals surface area contributed by atoms with Crippen LogP contribution in [0.2, 0.25) is 0 Å². The fraction of sp³-hybridized carbons (Fsp3) is 0. The van der Waals surface area contributed by atoms with Gasteiger partial charge in [-0.15, -0.1) is 11.3 Å². The first-order valence-corrected chi connectivity index (χ1v) is 5.75. The van der Waals surface area contributed by atoms with Crippen molar-refractivity contribution < 1.29 is 19.2 Å². The predicted octanol–water partition coefficient (Wildman–Crippen LogP) is 2.09. The van der Waals surface area contributed by atoms with Crippen molar-refractivity contribution >= 4 is 35.1 Å². The van der Waals surface area contributed by atoms with E-state index in [0.29, 0.717) is 16.3 Å². The molecule has 0 fully saturated rings. The number of carboxylic acid groups (broad SMARTS) is 1. The van der Waals surface area contributed by atoms with Crippen LogP contribution in [0.25, 0.3) is 6.08 Å². The van der Waals surface area contributed by atoms with Crippen LogP contribution >= 0.6 is 11.3 Å². The summed E-state index contributed by atoms with van der Waals surface area (Å²) < 4.78 is 4.59. The minimum atomic E-state index is -1.07. The van der Waals surface area contributed by atoms with Gasteiger partial charge in [0.25, 0.3) is 5.91 Å². The monoisotopic (exact) mass is 264 g/mol. The fourth-order valence-corrected chi connectivity index (χ4v) is 2.03. The molecule has 18 heavy (non-hydrogen) atoms. The van der Waals surface area contributed by atoms with Gasteiger partial charge < -0.3 is 14.9 Å². The second-order valence-corrected chi connectivity index (χ2v) is 4.13. The Kier molecular flexibility index (Phi) is 3.54. The van der Waals surface area contributed by atoms with Crippen LogP contribution < -0.4 is 5.32 Å². The number of aromatic nitrogens is 1. The first-order chi connectivity index (χ1) is 8.66. The number of anilines is 1. The van der Waals surface area contributed by atoms with E-state index in [1.165, 1.54) is 29.7 Å². The van der Waals surface area contributed by atoms with Gasteiger partial charge in [-0.3, -0.25) is 4.79 Å². The third-order valence-corrected chi connectivity index (χ3v) is 2.92. The summed E-state index contributed by atoms with van der Waals surface area (Å²) in [4.78, 5) is 22.7. The Morgan fingerprint density at radius 3 is 2.94 bits per heavy atom. The summed E-state index contributed by atoms with van der Waals surface area (Å²) in [6, 6.07) is 3.18. The predicted molar refractivity (Wildman–Crippen MR) is 65.4 cm³/mol. The number of nitrogens with one attached hydrogen (secondary N) is 1. The number of amides is 1. The lowest BCUT2D eigenvalue weighted by Gasteiger charge is -1.99. The maximum atomic E-state index is 11.9. The van der Waals surface area contributed by atoms with Crippen molar-refractivity contribution in [3.63, 3.8) is 0 Å². The van der Waals surface area contributed by atoms with Crippen LogP contribution in [-0.2, 0) is 4.79 Å². The summed E-state index contributed by atoms with van der Waals surface area (Å²) in [5.74, 6) is -1.12. The van der Waals surface area contributed by atoms with Crippen LogP contribution in [-0.4, -0.2) is 22.1 Å². The highest BCUT2D eigenvalue weighted by atomic mass is 32.1. The van der Waals surface area contributed by atoms with Crippen LogP contribution in [0.15, 0.2) is 34.4 Å². The molecule has 2 aromatic rings. The molecule has 0 saturated carbocycles. The number of carbonyl (C=O) groups excluding carboxylic acids is 1. The third kappa shape index (κ3) is 2.83. The molecule has 1 amide bonds. The van der Waals surface area contributed by atoms with Crippen molar-refractivity contribution in [2.75, 3.05) is 5.32 Å². The zero-order chi connectivity index (χ0) is 13.0. The molecule has 0 atom stereocenters. The van der Waals surface area contributed by atoms with E-state index in [4.69, 9.17) is 5.11 Å². The van der Waals surface area contributed by atoms with Gasteiger partial charge in [0.2, 0.25) is 0 Å². The third-order valence-electron chi connectivity index (χ3n) is 1.99. The van der Waals surface area contributed by atoms with Crippen molar-refractivity contribution in [2.45, 2.75) is 0 Å². The van der Waals surface area contributed by atoms with Crippen LogP contribution in [0.1, 0.15) is 15.2 Å². The standard InChI is InChI=1S/C11H8N2O4S/c14-9(15)2-1-7-4-6-18-10(7)11(16)12-8-3-5-17-13-8/h1-6H,(H,14,15)(H,12,13,16)/b2-1+. The summed E-state index contributed by atoms with van der Waals surface area (Å²) >= 11 is 1.22. The van der Waals surface area contributed by atoms with Crippen LogP contribution in [0.3, 0.4) is 0 Å². The van der Waals surface area contributed by atoms with E-state index in [2.05, 4.69) is 15.0 Å². The molecule has 0 aliphatic heterocycles. The van der Waals surface area contributed by atoms with Gasteiger partial charge in [-0.25, -0.2) is 4.79 Å². The number of thiophene rings is 1. The quantitative estimate of drug-likeness (QED) is 0.825. The lowest BCUT2D eigenvalue weighted by atomic mass is 10.2. The molecule has 2 rings (SSSR count). The highest BCUT2D eigenvalue weighted by Crippen LogP contribution is 2.19. The Labute approximate surface area is 106 Å². The smallest absolute Gasteiger partial charge is 0.328 e. The SMILES string of the molecule is O=C(O)/C=C/c1ccsc1C(=O)Nc1ccon1. The Balaban J connectivity index is 2.16. The molecule has 2 aromatic heterocycles. The molecule has 0 radical (unpaired) electrons. The maximum Gasteiger partial charge on any atom is 0.328 e. The molecular formula is C11H8N2O4S. The molecule has 2 N–H and O–H groups in total. The van der Waals surface area contributed by atoms with Crippen molar-refractivity contribution in [1.29, 1.82) is 0 Å². The first kappa shape index (κ1) is 12.1. The molecule has 7 heteroatoms. The Morgan fingerprint density at radius 1 is 1.44 bits per heavy atom. The summed E-state index contributed by atoms with van der Waals surface area (Å²) in [6.45, 7) is 0. The van der Waals surface area contributed by atoms with E-state index < -0.39 is 5.97 Å². The molecule has 0 bridgehead atoms. The summed E-state index contributed by atoms with van der Waals surface area (Å²) in [6.07, 6.45) is 3.70. The van der Waals surface area contributed by atoms with Crippen molar-refractivity contribution in [3.8, 4) is 0 Å². The fourth-order valence-electron chi connectivity index (χ4n) is 1.25. The first-order valence-electron chi connectivity index (χ1n) is 4.87. The summed E-state index contributed by atoms with van der Waals surface area (Å²) in [5, 5.41) is 16.3. The Bertz CT molecular complexity index is 586. The second kappa shape index (κ2) is 5.28. The molecule has 0 spiro atoms. The van der Waals surface area contributed by atoms with Gasteiger partial charge in [-0.2, -0.15) is 0 Å². The van der Waals surface area contributed by atoms with E-state index in [0.717, 1.165) is 6.08 Å². The van der Waals surface area contributed by atoms with E-state index in [9.17, 15) is 9.59 Å². The number of nitrogens with zero attached hydrogens (tertiary/aromatic N) is 1. The highest BCUT2D eigenvalue weighted by Gasteiger charge is 2.13.